The van der Waals surface area contributed by atoms with E-state index in [-0.39, 0.29) is 0 Å². The Morgan fingerprint density at radius 3 is 2.29 bits per heavy atom. The Labute approximate surface area is 102 Å². The summed E-state index contributed by atoms with van der Waals surface area (Å²) >= 11 is 0. The van der Waals surface area contributed by atoms with Gasteiger partial charge in [0.15, 0.2) is 11.5 Å². The van der Waals surface area contributed by atoms with Gasteiger partial charge < -0.3 is 20.1 Å². The summed E-state index contributed by atoms with van der Waals surface area (Å²) in [5.74, 6) is 1.41. The predicted octanol–water partition coefficient (Wildman–Crippen LogP) is 2.27. The molecule has 0 aliphatic heterocycles. The minimum absolute atomic E-state index is 0.639. The Hall–Kier alpha value is -1.58. The van der Waals surface area contributed by atoms with Crippen LogP contribution in [0.15, 0.2) is 12.1 Å². The first-order valence-electron chi connectivity index (χ1n) is 5.99. The molecule has 0 spiro atoms. The second-order valence-electron chi connectivity index (χ2n) is 4.28. The third kappa shape index (κ3) is 2.25. The van der Waals surface area contributed by atoms with Crippen LogP contribution in [-0.4, -0.2) is 26.8 Å². The van der Waals surface area contributed by atoms with E-state index in [4.69, 9.17) is 15.2 Å². The Morgan fingerprint density at radius 1 is 1.24 bits per heavy atom. The van der Waals surface area contributed by atoms with Crippen molar-refractivity contribution < 1.29 is 9.47 Å². The molecule has 2 rings (SSSR count). The summed E-state index contributed by atoms with van der Waals surface area (Å²) in [6.45, 7) is 3.11. The quantitative estimate of drug-likeness (QED) is 0.797. The minimum atomic E-state index is 0.639. The first kappa shape index (κ1) is 11.9. The van der Waals surface area contributed by atoms with E-state index in [1.165, 1.54) is 12.8 Å². The molecule has 0 amide bonds. The van der Waals surface area contributed by atoms with Crippen molar-refractivity contribution in [2.75, 3.05) is 31.4 Å². The SMILES string of the molecule is CCN(c1cc(OC)c(OC)cc1N)C1CC1. The van der Waals surface area contributed by atoms with E-state index < -0.39 is 0 Å². The van der Waals surface area contributed by atoms with Crippen LogP contribution >= 0.6 is 0 Å². The molecule has 0 heterocycles. The van der Waals surface area contributed by atoms with E-state index in [0.29, 0.717) is 11.8 Å². The zero-order valence-corrected chi connectivity index (χ0v) is 10.7. The summed E-state index contributed by atoms with van der Waals surface area (Å²) < 4.78 is 10.6. The van der Waals surface area contributed by atoms with E-state index in [1.54, 1.807) is 14.2 Å². The molecule has 0 saturated heterocycles. The largest absolute Gasteiger partial charge is 0.493 e. The smallest absolute Gasteiger partial charge is 0.162 e. The fourth-order valence-corrected chi connectivity index (χ4v) is 2.14. The number of ether oxygens (including phenoxy) is 2. The van der Waals surface area contributed by atoms with Gasteiger partial charge >= 0.3 is 0 Å². The highest BCUT2D eigenvalue weighted by atomic mass is 16.5. The van der Waals surface area contributed by atoms with Crippen LogP contribution in [0.3, 0.4) is 0 Å². The van der Waals surface area contributed by atoms with Gasteiger partial charge in [-0.1, -0.05) is 0 Å². The molecule has 0 atom stereocenters. The predicted molar refractivity (Wildman–Crippen MR) is 70.0 cm³/mol. The summed E-state index contributed by atoms with van der Waals surface area (Å²) in [6, 6.07) is 4.44. The monoisotopic (exact) mass is 236 g/mol. The van der Waals surface area contributed by atoms with E-state index >= 15 is 0 Å². The summed E-state index contributed by atoms with van der Waals surface area (Å²) in [5.41, 5.74) is 7.88. The molecule has 1 aromatic rings. The van der Waals surface area contributed by atoms with E-state index in [0.717, 1.165) is 23.7 Å². The average molecular weight is 236 g/mol. The van der Waals surface area contributed by atoms with Crippen LogP contribution in [0.4, 0.5) is 11.4 Å². The molecular formula is C13H20N2O2. The van der Waals surface area contributed by atoms with Crippen LogP contribution in [0.1, 0.15) is 19.8 Å². The number of benzene rings is 1. The highest BCUT2D eigenvalue weighted by Gasteiger charge is 2.29. The number of nitrogens with two attached hydrogens (primary N) is 1. The van der Waals surface area contributed by atoms with E-state index in [1.807, 2.05) is 12.1 Å². The topological polar surface area (TPSA) is 47.7 Å². The number of hydrogen-bond acceptors (Lipinski definition) is 4. The number of nitrogens with zero attached hydrogens (tertiary/aromatic N) is 1. The van der Waals surface area contributed by atoms with Gasteiger partial charge in [0.2, 0.25) is 0 Å². The third-order valence-electron chi connectivity index (χ3n) is 3.17. The van der Waals surface area contributed by atoms with Gasteiger partial charge in [-0.2, -0.15) is 0 Å². The van der Waals surface area contributed by atoms with Crippen molar-refractivity contribution >= 4 is 11.4 Å². The van der Waals surface area contributed by atoms with Crippen LogP contribution in [0.2, 0.25) is 0 Å². The molecule has 1 saturated carbocycles. The first-order valence-corrected chi connectivity index (χ1v) is 5.99. The number of rotatable bonds is 5. The van der Waals surface area contributed by atoms with Crippen molar-refractivity contribution in [2.45, 2.75) is 25.8 Å². The summed E-state index contributed by atoms with van der Waals surface area (Å²) in [6.07, 6.45) is 2.50. The van der Waals surface area contributed by atoms with Gasteiger partial charge in [0.25, 0.3) is 0 Å². The average Bonchev–Trinajstić information content (AvgIpc) is 3.16. The van der Waals surface area contributed by atoms with Gasteiger partial charge in [-0.15, -0.1) is 0 Å². The van der Waals surface area contributed by atoms with Crippen molar-refractivity contribution in [3.8, 4) is 11.5 Å². The molecular weight excluding hydrogens is 216 g/mol. The lowest BCUT2D eigenvalue weighted by atomic mass is 10.2. The number of hydrogen-bond donors (Lipinski definition) is 1. The molecule has 0 bridgehead atoms. The fraction of sp³-hybridized carbons (Fsp3) is 0.538. The van der Waals surface area contributed by atoms with Gasteiger partial charge in [-0.25, -0.2) is 0 Å². The maximum atomic E-state index is 6.09. The van der Waals surface area contributed by atoms with Crippen LogP contribution in [0.25, 0.3) is 0 Å². The lowest BCUT2D eigenvalue weighted by molar-refractivity contribution is 0.355. The van der Waals surface area contributed by atoms with E-state index in [9.17, 15) is 0 Å². The van der Waals surface area contributed by atoms with Gasteiger partial charge in [-0.05, 0) is 19.8 Å². The molecule has 94 valence electrons. The number of anilines is 2. The van der Waals surface area contributed by atoms with Crippen LogP contribution in [0, 0.1) is 0 Å². The Balaban J connectivity index is 2.38. The molecule has 1 aliphatic carbocycles. The van der Waals surface area contributed by atoms with Crippen molar-refractivity contribution in [1.29, 1.82) is 0 Å². The third-order valence-corrected chi connectivity index (χ3v) is 3.17. The Morgan fingerprint density at radius 2 is 1.82 bits per heavy atom. The zero-order valence-electron chi connectivity index (χ0n) is 10.7. The Kier molecular flexibility index (Phi) is 3.31. The lowest BCUT2D eigenvalue weighted by Gasteiger charge is -2.25. The number of nitrogen functional groups attached to an aromatic ring is 1. The molecule has 0 unspecified atom stereocenters. The Bertz CT molecular complexity index is 403. The first-order chi connectivity index (χ1) is 8.21. The van der Waals surface area contributed by atoms with Gasteiger partial charge in [0.1, 0.15) is 0 Å². The molecule has 17 heavy (non-hydrogen) atoms. The molecule has 1 aromatic carbocycles. The van der Waals surface area contributed by atoms with Crippen molar-refractivity contribution in [2.24, 2.45) is 0 Å². The van der Waals surface area contributed by atoms with Gasteiger partial charge in [-0.3, -0.25) is 0 Å². The van der Waals surface area contributed by atoms with Gasteiger partial charge in [0.05, 0.1) is 25.6 Å². The molecule has 2 N–H and O–H groups in total. The molecule has 4 nitrogen and oxygen atoms in total. The summed E-state index contributed by atoms with van der Waals surface area (Å²) in [7, 11) is 3.26. The van der Waals surface area contributed by atoms with Crippen LogP contribution in [0.5, 0.6) is 11.5 Å². The molecule has 1 aliphatic rings. The van der Waals surface area contributed by atoms with Crippen LogP contribution in [-0.2, 0) is 0 Å². The van der Waals surface area contributed by atoms with E-state index in [2.05, 4.69) is 11.8 Å². The van der Waals surface area contributed by atoms with Crippen molar-refractivity contribution in [3.63, 3.8) is 0 Å². The minimum Gasteiger partial charge on any atom is -0.493 e. The normalized spacial score (nSPS) is 14.5. The molecule has 0 aromatic heterocycles. The maximum Gasteiger partial charge on any atom is 0.162 e. The number of methoxy groups -OCH3 is 2. The standard InChI is InChI=1S/C13H20N2O2/c1-4-15(9-5-6-9)11-8-13(17-3)12(16-2)7-10(11)14/h7-9H,4-6,14H2,1-3H3. The van der Waals surface area contributed by atoms with Gasteiger partial charge in [0, 0.05) is 24.7 Å². The maximum absolute atomic E-state index is 6.09. The zero-order chi connectivity index (χ0) is 12.4. The highest BCUT2D eigenvalue weighted by Crippen LogP contribution is 2.40. The fourth-order valence-electron chi connectivity index (χ4n) is 2.14. The summed E-state index contributed by atoms with van der Waals surface area (Å²) in [4.78, 5) is 2.33. The van der Waals surface area contributed by atoms with Crippen molar-refractivity contribution in [1.82, 2.24) is 0 Å². The van der Waals surface area contributed by atoms with Crippen LogP contribution < -0.4 is 20.1 Å². The molecule has 4 heteroatoms. The molecule has 0 radical (unpaired) electrons. The van der Waals surface area contributed by atoms with Crippen molar-refractivity contribution in [3.05, 3.63) is 12.1 Å². The lowest BCUT2D eigenvalue weighted by Crippen LogP contribution is -2.26. The second-order valence-corrected chi connectivity index (χ2v) is 4.28. The second kappa shape index (κ2) is 4.73. The summed E-state index contributed by atoms with van der Waals surface area (Å²) in [5, 5.41) is 0. The molecule has 1 fully saturated rings. The highest BCUT2D eigenvalue weighted by molar-refractivity contribution is 5.73.